The van der Waals surface area contributed by atoms with Gasteiger partial charge in [0.05, 0.1) is 6.54 Å². The van der Waals surface area contributed by atoms with Crippen molar-refractivity contribution in [3.63, 3.8) is 0 Å². The van der Waals surface area contributed by atoms with E-state index in [4.69, 9.17) is 0 Å². The fraction of sp³-hybridized carbons (Fsp3) is 0.500. The van der Waals surface area contributed by atoms with Crippen LogP contribution < -0.4 is 5.32 Å². The summed E-state index contributed by atoms with van der Waals surface area (Å²) in [5.74, 6) is 1.69. The molecule has 90 valence electrons. The predicted molar refractivity (Wildman–Crippen MR) is 72.9 cm³/mol. The number of hydrogen-bond donors (Lipinski definition) is 1. The molecule has 0 radical (unpaired) electrons. The molecule has 2 heterocycles. The van der Waals surface area contributed by atoms with Crippen LogP contribution in [0.1, 0.15) is 41.3 Å². The van der Waals surface area contributed by atoms with Crippen LogP contribution in [0, 0.1) is 0 Å². The van der Waals surface area contributed by atoms with E-state index in [-0.39, 0.29) is 0 Å². The Bertz CT molecular complexity index is 499. The van der Waals surface area contributed by atoms with Crippen LogP contribution in [0.2, 0.25) is 0 Å². The van der Waals surface area contributed by atoms with E-state index < -0.39 is 0 Å². The topological polar surface area (TPSA) is 37.8 Å². The van der Waals surface area contributed by atoms with Gasteiger partial charge < -0.3 is 5.32 Å². The van der Waals surface area contributed by atoms with Crippen molar-refractivity contribution >= 4 is 28.0 Å². The standard InChI is InChI=1S/C12H15N3S2/c1-2-9-5-6-10(16-9)7-13-12-14-11(15-17-12)8-3-4-8/h5-6,8H,2-4,7H2,1H3,(H,13,14,15). The summed E-state index contributed by atoms with van der Waals surface area (Å²) in [6.45, 7) is 3.06. The van der Waals surface area contributed by atoms with Gasteiger partial charge in [0.25, 0.3) is 0 Å². The fourth-order valence-corrected chi connectivity index (χ4v) is 3.22. The van der Waals surface area contributed by atoms with Crippen molar-refractivity contribution < 1.29 is 0 Å². The van der Waals surface area contributed by atoms with Crippen molar-refractivity contribution in [1.82, 2.24) is 9.36 Å². The zero-order valence-corrected chi connectivity index (χ0v) is 11.4. The van der Waals surface area contributed by atoms with E-state index in [1.165, 1.54) is 34.1 Å². The molecule has 5 heteroatoms. The third-order valence-corrected chi connectivity index (χ3v) is 4.78. The molecule has 1 fully saturated rings. The van der Waals surface area contributed by atoms with Crippen molar-refractivity contribution in [3.8, 4) is 0 Å². The zero-order chi connectivity index (χ0) is 11.7. The van der Waals surface area contributed by atoms with Crippen LogP contribution in [-0.2, 0) is 13.0 Å². The van der Waals surface area contributed by atoms with E-state index in [2.05, 4.69) is 33.7 Å². The molecule has 1 N–H and O–H groups in total. The third-order valence-electron chi connectivity index (χ3n) is 2.86. The van der Waals surface area contributed by atoms with E-state index in [1.54, 1.807) is 0 Å². The molecule has 1 aliphatic carbocycles. The van der Waals surface area contributed by atoms with Gasteiger partial charge in [0.2, 0.25) is 5.13 Å². The largest absolute Gasteiger partial charge is 0.355 e. The van der Waals surface area contributed by atoms with Gasteiger partial charge in [-0.1, -0.05) is 6.92 Å². The molecule has 0 atom stereocenters. The van der Waals surface area contributed by atoms with Gasteiger partial charge in [0, 0.05) is 27.2 Å². The SMILES string of the molecule is CCc1ccc(CNc2nc(C3CC3)ns2)s1. The van der Waals surface area contributed by atoms with Crippen molar-refractivity contribution in [2.75, 3.05) is 5.32 Å². The number of nitrogens with one attached hydrogen (secondary N) is 1. The van der Waals surface area contributed by atoms with E-state index in [0.29, 0.717) is 5.92 Å². The Morgan fingerprint density at radius 3 is 2.88 bits per heavy atom. The van der Waals surface area contributed by atoms with E-state index in [0.717, 1.165) is 23.9 Å². The van der Waals surface area contributed by atoms with E-state index >= 15 is 0 Å². The van der Waals surface area contributed by atoms with Gasteiger partial charge in [-0.3, -0.25) is 0 Å². The monoisotopic (exact) mass is 265 g/mol. The number of aryl methyl sites for hydroxylation is 1. The van der Waals surface area contributed by atoms with E-state index in [1.807, 2.05) is 11.3 Å². The average Bonchev–Trinajstić information content (AvgIpc) is 2.93. The first-order chi connectivity index (χ1) is 8.35. The number of thiophene rings is 1. The summed E-state index contributed by atoms with van der Waals surface area (Å²) in [5.41, 5.74) is 0. The quantitative estimate of drug-likeness (QED) is 0.896. The fourth-order valence-electron chi connectivity index (χ4n) is 1.68. The molecule has 2 aromatic rings. The van der Waals surface area contributed by atoms with Gasteiger partial charge in [-0.15, -0.1) is 11.3 Å². The van der Waals surface area contributed by atoms with Gasteiger partial charge in [-0.05, 0) is 31.4 Å². The molecule has 3 rings (SSSR count). The summed E-state index contributed by atoms with van der Waals surface area (Å²) in [7, 11) is 0. The summed E-state index contributed by atoms with van der Waals surface area (Å²) < 4.78 is 4.38. The summed E-state index contributed by atoms with van der Waals surface area (Å²) in [6, 6.07) is 4.40. The van der Waals surface area contributed by atoms with Crippen LogP contribution in [0.15, 0.2) is 12.1 Å². The second-order valence-electron chi connectivity index (χ2n) is 4.31. The van der Waals surface area contributed by atoms with Crippen molar-refractivity contribution in [2.45, 2.75) is 38.6 Å². The minimum atomic E-state index is 0.648. The lowest BCUT2D eigenvalue weighted by atomic mass is 10.4. The van der Waals surface area contributed by atoms with E-state index in [9.17, 15) is 0 Å². The van der Waals surface area contributed by atoms with Gasteiger partial charge >= 0.3 is 0 Å². The predicted octanol–water partition coefficient (Wildman–Crippen LogP) is 3.65. The maximum Gasteiger partial charge on any atom is 0.202 e. The Morgan fingerprint density at radius 2 is 2.18 bits per heavy atom. The van der Waals surface area contributed by atoms with Crippen molar-refractivity contribution in [2.24, 2.45) is 0 Å². The second kappa shape index (κ2) is 4.74. The molecule has 0 spiro atoms. The molecule has 0 aromatic carbocycles. The summed E-state index contributed by atoms with van der Waals surface area (Å²) in [6.07, 6.45) is 3.65. The highest BCUT2D eigenvalue weighted by molar-refractivity contribution is 7.12. The number of hydrogen-bond acceptors (Lipinski definition) is 5. The highest BCUT2D eigenvalue weighted by Crippen LogP contribution is 2.39. The number of aromatic nitrogens is 2. The maximum absolute atomic E-state index is 4.52. The first kappa shape index (κ1) is 11.2. The highest BCUT2D eigenvalue weighted by atomic mass is 32.1. The maximum atomic E-state index is 4.52. The summed E-state index contributed by atoms with van der Waals surface area (Å²) >= 11 is 3.35. The van der Waals surface area contributed by atoms with Crippen LogP contribution in [0.4, 0.5) is 5.13 Å². The second-order valence-corrected chi connectivity index (χ2v) is 6.31. The lowest BCUT2D eigenvalue weighted by Gasteiger charge is -1.98. The molecule has 0 aliphatic heterocycles. The molecule has 2 aromatic heterocycles. The Labute approximate surface area is 109 Å². The zero-order valence-electron chi connectivity index (χ0n) is 9.77. The molecule has 3 nitrogen and oxygen atoms in total. The molecule has 0 saturated heterocycles. The normalized spacial score (nSPS) is 15.1. The highest BCUT2D eigenvalue weighted by Gasteiger charge is 2.27. The van der Waals surface area contributed by atoms with Crippen LogP contribution in [0.25, 0.3) is 0 Å². The number of anilines is 1. The van der Waals surface area contributed by atoms with Gasteiger partial charge in [0.1, 0.15) is 5.82 Å². The van der Waals surface area contributed by atoms with Gasteiger partial charge in [0.15, 0.2) is 0 Å². The van der Waals surface area contributed by atoms with Crippen LogP contribution >= 0.6 is 22.9 Å². The van der Waals surface area contributed by atoms with Crippen molar-refractivity contribution in [1.29, 1.82) is 0 Å². The Hall–Kier alpha value is -0.940. The Balaban J connectivity index is 1.58. The molecule has 1 saturated carbocycles. The van der Waals surface area contributed by atoms with Crippen LogP contribution in [0.3, 0.4) is 0 Å². The van der Waals surface area contributed by atoms with Crippen molar-refractivity contribution in [3.05, 3.63) is 27.7 Å². The molecule has 0 amide bonds. The van der Waals surface area contributed by atoms with Gasteiger partial charge in [-0.2, -0.15) is 4.37 Å². The van der Waals surface area contributed by atoms with Crippen LogP contribution in [-0.4, -0.2) is 9.36 Å². The minimum Gasteiger partial charge on any atom is -0.355 e. The lowest BCUT2D eigenvalue weighted by molar-refractivity contribution is 0.981. The average molecular weight is 265 g/mol. The summed E-state index contributed by atoms with van der Waals surface area (Å²) in [5, 5.41) is 4.31. The molecule has 0 unspecified atom stereocenters. The Morgan fingerprint density at radius 1 is 1.35 bits per heavy atom. The lowest BCUT2D eigenvalue weighted by Crippen LogP contribution is -1.96. The van der Waals surface area contributed by atoms with Gasteiger partial charge in [-0.25, -0.2) is 4.98 Å². The third kappa shape index (κ3) is 2.66. The molecular formula is C12H15N3S2. The molecule has 1 aliphatic rings. The molecular weight excluding hydrogens is 250 g/mol. The number of rotatable bonds is 5. The molecule has 17 heavy (non-hydrogen) atoms. The number of nitrogens with zero attached hydrogens (tertiary/aromatic N) is 2. The molecule has 0 bridgehead atoms. The first-order valence-corrected chi connectivity index (χ1v) is 7.59. The first-order valence-electron chi connectivity index (χ1n) is 6.00. The van der Waals surface area contributed by atoms with Crippen LogP contribution in [0.5, 0.6) is 0 Å². The summed E-state index contributed by atoms with van der Waals surface area (Å²) in [4.78, 5) is 7.32. The smallest absolute Gasteiger partial charge is 0.202 e. The Kier molecular flexibility index (Phi) is 3.11. The minimum absolute atomic E-state index is 0.648.